The normalized spacial score (nSPS) is 11.5. The summed E-state index contributed by atoms with van der Waals surface area (Å²) in [5.41, 5.74) is 0.717. The van der Waals surface area contributed by atoms with Gasteiger partial charge in [-0.3, -0.25) is 13.8 Å². The van der Waals surface area contributed by atoms with E-state index in [-0.39, 0.29) is 12.2 Å². The Bertz CT molecular complexity index is 803. The predicted molar refractivity (Wildman–Crippen MR) is 71.2 cm³/mol. The molecule has 0 unspecified atom stereocenters. The summed E-state index contributed by atoms with van der Waals surface area (Å²) in [6.45, 7) is 2.33. The first kappa shape index (κ1) is 11.9. The lowest BCUT2D eigenvalue weighted by atomic mass is 10.2. The molecule has 0 amide bonds. The minimum Gasteiger partial charge on any atom is -0.396 e. The molecule has 1 N–H and O–H groups in total. The Hall–Kier alpha value is -2.21. The Labute approximate surface area is 108 Å². The van der Waals surface area contributed by atoms with Crippen LogP contribution in [0.15, 0.2) is 29.1 Å². The molecule has 0 saturated heterocycles. The first-order valence-electron chi connectivity index (χ1n) is 6.18. The number of rotatable bonds is 3. The zero-order chi connectivity index (χ0) is 13.4. The quantitative estimate of drug-likeness (QED) is 0.752. The fraction of sp³-hybridized carbons (Fsp3) is 0.308. The molecule has 2 heterocycles. The Balaban J connectivity index is 2.46. The van der Waals surface area contributed by atoms with Gasteiger partial charge in [0.05, 0.1) is 10.9 Å². The van der Waals surface area contributed by atoms with Crippen LogP contribution in [0.25, 0.3) is 16.7 Å². The van der Waals surface area contributed by atoms with Gasteiger partial charge in [0.2, 0.25) is 5.78 Å². The smallest absolute Gasteiger partial charge is 0.262 e. The van der Waals surface area contributed by atoms with Gasteiger partial charge in [-0.1, -0.05) is 12.1 Å². The summed E-state index contributed by atoms with van der Waals surface area (Å²) in [5.74, 6) is 1.26. The molecule has 0 bridgehead atoms. The van der Waals surface area contributed by atoms with Crippen LogP contribution in [0.5, 0.6) is 0 Å². The van der Waals surface area contributed by atoms with Crippen LogP contribution in [0.4, 0.5) is 0 Å². The second kappa shape index (κ2) is 4.47. The molecule has 3 rings (SSSR count). The lowest BCUT2D eigenvalue weighted by Crippen LogP contribution is -2.24. The number of nitrogens with zero attached hydrogens (tertiary/aromatic N) is 4. The molecule has 0 spiro atoms. The van der Waals surface area contributed by atoms with Crippen molar-refractivity contribution < 1.29 is 5.11 Å². The maximum absolute atomic E-state index is 12.5. The number of aliphatic hydroxyl groups is 1. The van der Waals surface area contributed by atoms with E-state index < -0.39 is 0 Å². The van der Waals surface area contributed by atoms with Gasteiger partial charge < -0.3 is 5.11 Å². The van der Waals surface area contributed by atoms with E-state index in [0.29, 0.717) is 24.1 Å². The van der Waals surface area contributed by atoms with Crippen LogP contribution in [0.2, 0.25) is 0 Å². The third-order valence-electron chi connectivity index (χ3n) is 3.21. The van der Waals surface area contributed by atoms with E-state index >= 15 is 0 Å². The summed E-state index contributed by atoms with van der Waals surface area (Å²) < 4.78 is 3.44. The third-order valence-corrected chi connectivity index (χ3v) is 3.21. The number of aromatic nitrogens is 4. The Morgan fingerprint density at radius 1 is 1.26 bits per heavy atom. The van der Waals surface area contributed by atoms with Gasteiger partial charge in [-0.2, -0.15) is 0 Å². The molecule has 0 aliphatic carbocycles. The summed E-state index contributed by atoms with van der Waals surface area (Å²) in [7, 11) is 0. The van der Waals surface area contributed by atoms with Crippen LogP contribution in [-0.2, 0) is 6.54 Å². The minimum atomic E-state index is -0.0936. The van der Waals surface area contributed by atoms with Crippen molar-refractivity contribution in [3.05, 3.63) is 40.4 Å². The first-order valence-corrected chi connectivity index (χ1v) is 6.18. The van der Waals surface area contributed by atoms with Crippen LogP contribution in [0, 0.1) is 6.92 Å². The molecule has 0 aliphatic rings. The molecule has 2 aromatic heterocycles. The van der Waals surface area contributed by atoms with Gasteiger partial charge >= 0.3 is 0 Å². The third kappa shape index (κ3) is 1.72. The lowest BCUT2D eigenvalue weighted by molar-refractivity contribution is 0.279. The first-order chi connectivity index (χ1) is 9.24. The topological polar surface area (TPSA) is 72.4 Å². The number of para-hydroxylation sites is 1. The summed E-state index contributed by atoms with van der Waals surface area (Å²) >= 11 is 0. The summed E-state index contributed by atoms with van der Waals surface area (Å²) in [4.78, 5) is 12.5. The standard InChI is InChI=1S/C13H14N4O2/c1-9-14-15-13-16(7-4-8-18)12(19)10-5-2-3-6-11(10)17(9)13/h2-3,5-6,18H,4,7-8H2,1H3. The number of hydrogen-bond acceptors (Lipinski definition) is 4. The van der Waals surface area contributed by atoms with Crippen LogP contribution in [0.3, 0.4) is 0 Å². The van der Waals surface area contributed by atoms with Crippen LogP contribution in [-0.4, -0.2) is 30.9 Å². The molecule has 0 radical (unpaired) electrons. The van der Waals surface area contributed by atoms with Gasteiger partial charge in [0.1, 0.15) is 5.82 Å². The van der Waals surface area contributed by atoms with E-state index in [1.807, 2.05) is 29.5 Å². The largest absolute Gasteiger partial charge is 0.396 e. The SMILES string of the molecule is Cc1nnc2n(CCCO)c(=O)c3ccccc3n12. The molecular weight excluding hydrogens is 244 g/mol. The molecule has 0 fully saturated rings. The number of benzene rings is 1. The van der Waals surface area contributed by atoms with Gasteiger partial charge in [-0.15, -0.1) is 10.2 Å². The molecule has 6 heteroatoms. The van der Waals surface area contributed by atoms with Crippen molar-refractivity contribution in [2.24, 2.45) is 0 Å². The van der Waals surface area contributed by atoms with E-state index in [9.17, 15) is 4.79 Å². The van der Waals surface area contributed by atoms with Crippen molar-refractivity contribution in [2.45, 2.75) is 19.9 Å². The molecule has 0 atom stereocenters. The van der Waals surface area contributed by atoms with E-state index in [0.717, 1.165) is 11.3 Å². The van der Waals surface area contributed by atoms with Crippen molar-refractivity contribution in [3.63, 3.8) is 0 Å². The minimum absolute atomic E-state index is 0.0402. The average Bonchev–Trinajstić information content (AvgIpc) is 2.81. The van der Waals surface area contributed by atoms with Crippen LogP contribution in [0.1, 0.15) is 12.2 Å². The van der Waals surface area contributed by atoms with Crippen LogP contribution >= 0.6 is 0 Å². The molecule has 19 heavy (non-hydrogen) atoms. The molecule has 1 aromatic carbocycles. The van der Waals surface area contributed by atoms with E-state index in [1.54, 1.807) is 10.6 Å². The highest BCUT2D eigenvalue weighted by molar-refractivity contribution is 5.80. The highest BCUT2D eigenvalue weighted by Gasteiger charge is 2.13. The summed E-state index contributed by atoms with van der Waals surface area (Å²) in [5, 5.41) is 17.7. The van der Waals surface area contributed by atoms with Gasteiger partial charge in [-0.25, -0.2) is 0 Å². The highest BCUT2D eigenvalue weighted by Crippen LogP contribution is 2.14. The van der Waals surface area contributed by atoms with Crippen molar-refractivity contribution in [2.75, 3.05) is 6.61 Å². The molecule has 3 aromatic rings. The Morgan fingerprint density at radius 3 is 2.84 bits per heavy atom. The monoisotopic (exact) mass is 258 g/mol. The van der Waals surface area contributed by atoms with E-state index in [1.165, 1.54) is 0 Å². The Morgan fingerprint density at radius 2 is 2.05 bits per heavy atom. The molecular formula is C13H14N4O2. The summed E-state index contributed by atoms with van der Waals surface area (Å²) in [6, 6.07) is 7.41. The van der Waals surface area contributed by atoms with Crippen molar-refractivity contribution in [1.82, 2.24) is 19.2 Å². The van der Waals surface area contributed by atoms with Gasteiger partial charge in [-0.05, 0) is 25.5 Å². The zero-order valence-corrected chi connectivity index (χ0v) is 10.6. The van der Waals surface area contributed by atoms with Crippen LogP contribution < -0.4 is 5.56 Å². The molecule has 0 aliphatic heterocycles. The van der Waals surface area contributed by atoms with Gasteiger partial charge in [0, 0.05) is 13.2 Å². The average molecular weight is 258 g/mol. The number of fused-ring (bicyclic) bond motifs is 3. The van der Waals surface area contributed by atoms with Gasteiger partial charge in [0.15, 0.2) is 0 Å². The predicted octanol–water partition coefficient (Wildman–Crippen LogP) is 0.735. The van der Waals surface area contributed by atoms with Crippen molar-refractivity contribution in [3.8, 4) is 0 Å². The maximum Gasteiger partial charge on any atom is 0.262 e. The number of aliphatic hydroxyl groups excluding tert-OH is 1. The second-order valence-electron chi connectivity index (χ2n) is 4.43. The van der Waals surface area contributed by atoms with E-state index in [4.69, 9.17) is 5.11 Å². The fourth-order valence-corrected chi connectivity index (χ4v) is 2.32. The van der Waals surface area contributed by atoms with Crippen molar-refractivity contribution >= 4 is 16.7 Å². The summed E-state index contributed by atoms with van der Waals surface area (Å²) in [6.07, 6.45) is 0.514. The number of hydrogen-bond donors (Lipinski definition) is 1. The fourth-order valence-electron chi connectivity index (χ4n) is 2.32. The van der Waals surface area contributed by atoms with E-state index in [2.05, 4.69) is 10.2 Å². The molecule has 6 nitrogen and oxygen atoms in total. The van der Waals surface area contributed by atoms with Gasteiger partial charge in [0.25, 0.3) is 5.56 Å². The van der Waals surface area contributed by atoms with Crippen molar-refractivity contribution in [1.29, 1.82) is 0 Å². The number of aryl methyl sites for hydroxylation is 2. The molecule has 98 valence electrons. The Kier molecular flexibility index (Phi) is 2.79. The lowest BCUT2D eigenvalue weighted by Gasteiger charge is -2.09. The highest BCUT2D eigenvalue weighted by atomic mass is 16.3. The molecule has 0 saturated carbocycles. The zero-order valence-electron chi connectivity index (χ0n) is 10.6. The maximum atomic E-state index is 12.5. The second-order valence-corrected chi connectivity index (χ2v) is 4.43.